The summed E-state index contributed by atoms with van der Waals surface area (Å²) in [6.45, 7) is 0. The van der Waals surface area contributed by atoms with Gasteiger partial charge in [-0.25, -0.2) is 0 Å². The highest BCUT2D eigenvalue weighted by molar-refractivity contribution is 6.25. The summed E-state index contributed by atoms with van der Waals surface area (Å²) in [4.78, 5) is 2.38. The Morgan fingerprint density at radius 1 is 0.250 bits per heavy atom. The molecule has 11 aromatic carbocycles. The first-order chi connectivity index (χ1) is 29.7. The van der Waals surface area contributed by atoms with Crippen LogP contribution in [-0.2, 0) is 0 Å². The van der Waals surface area contributed by atoms with Gasteiger partial charge in [0.1, 0.15) is 11.2 Å². The zero-order valence-electron chi connectivity index (χ0n) is 32.7. The fourth-order valence-electron chi connectivity index (χ4n) is 9.34. The van der Waals surface area contributed by atoms with E-state index in [2.05, 4.69) is 217 Å². The number of benzene rings is 11. The van der Waals surface area contributed by atoms with Crippen LogP contribution < -0.4 is 4.90 Å². The van der Waals surface area contributed by atoms with E-state index in [9.17, 15) is 0 Å². The number of fused-ring (bicyclic) bond motifs is 10. The van der Waals surface area contributed by atoms with Crippen LogP contribution in [0.25, 0.3) is 98.4 Å². The molecule has 2 nitrogen and oxygen atoms in total. The van der Waals surface area contributed by atoms with Crippen molar-refractivity contribution in [2.45, 2.75) is 0 Å². The van der Waals surface area contributed by atoms with Gasteiger partial charge in [0.15, 0.2) is 0 Å². The van der Waals surface area contributed by atoms with Crippen molar-refractivity contribution in [2.75, 3.05) is 4.90 Å². The van der Waals surface area contributed by atoms with E-state index in [1.807, 2.05) is 12.1 Å². The summed E-state index contributed by atoms with van der Waals surface area (Å²) in [7, 11) is 0. The SMILES string of the molecule is c1cc(-c2ccc(N(c3ccc(-c4ccc5c(c4)oc4ccccc45)cc3)c3ccc4c5ccccc5c5ccccc5c4c3)cc2)cc(-c2cccc3ccccc23)c1. The second kappa shape index (κ2) is 13.9. The number of hydrogen-bond acceptors (Lipinski definition) is 2. The Morgan fingerprint density at radius 2 is 0.717 bits per heavy atom. The second-order valence-electron chi connectivity index (χ2n) is 15.7. The van der Waals surface area contributed by atoms with Crippen molar-refractivity contribution in [1.82, 2.24) is 0 Å². The highest BCUT2D eigenvalue weighted by Gasteiger charge is 2.17. The molecule has 0 aliphatic carbocycles. The molecule has 0 saturated heterocycles. The van der Waals surface area contributed by atoms with Crippen LogP contribution in [0, 0.1) is 0 Å². The van der Waals surface area contributed by atoms with Crippen LogP contribution in [0.4, 0.5) is 17.1 Å². The third-order valence-corrected chi connectivity index (χ3v) is 12.2. The van der Waals surface area contributed by atoms with Crippen LogP contribution in [0.2, 0.25) is 0 Å². The van der Waals surface area contributed by atoms with Gasteiger partial charge in [0, 0.05) is 27.8 Å². The second-order valence-corrected chi connectivity index (χ2v) is 15.7. The largest absolute Gasteiger partial charge is 0.456 e. The number of furan rings is 1. The molecule has 0 N–H and O–H groups in total. The van der Waals surface area contributed by atoms with Crippen LogP contribution >= 0.6 is 0 Å². The third kappa shape index (κ3) is 5.65. The van der Waals surface area contributed by atoms with Crippen molar-refractivity contribution >= 4 is 82.1 Å². The van der Waals surface area contributed by atoms with Gasteiger partial charge >= 0.3 is 0 Å². The lowest BCUT2D eigenvalue weighted by Gasteiger charge is -2.27. The molecule has 1 aromatic heterocycles. The fraction of sp³-hybridized carbons (Fsp3) is 0. The van der Waals surface area contributed by atoms with Crippen molar-refractivity contribution in [3.63, 3.8) is 0 Å². The Morgan fingerprint density at radius 3 is 1.42 bits per heavy atom. The monoisotopic (exact) mass is 763 g/mol. The molecule has 0 saturated carbocycles. The van der Waals surface area contributed by atoms with Crippen LogP contribution in [0.3, 0.4) is 0 Å². The fourth-order valence-corrected chi connectivity index (χ4v) is 9.34. The minimum atomic E-state index is 0.901. The van der Waals surface area contributed by atoms with Crippen molar-refractivity contribution in [2.24, 2.45) is 0 Å². The molecule has 0 radical (unpaired) electrons. The normalized spacial score (nSPS) is 11.7. The lowest BCUT2D eigenvalue weighted by molar-refractivity contribution is 0.669. The average Bonchev–Trinajstić information content (AvgIpc) is 3.70. The average molecular weight is 764 g/mol. The number of hydrogen-bond donors (Lipinski definition) is 0. The molecule has 12 rings (SSSR count). The summed E-state index contributed by atoms with van der Waals surface area (Å²) >= 11 is 0. The summed E-state index contributed by atoms with van der Waals surface area (Å²) in [5.74, 6) is 0. The van der Waals surface area contributed by atoms with E-state index in [0.29, 0.717) is 0 Å². The topological polar surface area (TPSA) is 16.4 Å². The molecule has 0 spiro atoms. The molecule has 0 aliphatic heterocycles. The van der Waals surface area contributed by atoms with Crippen molar-refractivity contribution in [3.05, 3.63) is 224 Å². The number of nitrogens with zero attached hydrogens (tertiary/aromatic N) is 1. The first-order valence-electron chi connectivity index (χ1n) is 20.6. The minimum Gasteiger partial charge on any atom is -0.456 e. The molecule has 12 aromatic rings. The Hall–Kier alpha value is -7.94. The summed E-state index contributed by atoms with van der Waals surface area (Å²) in [5, 5.41) is 12.4. The van der Waals surface area contributed by atoms with Crippen molar-refractivity contribution in [1.29, 1.82) is 0 Å². The molecular weight excluding hydrogens is 727 g/mol. The quantitative estimate of drug-likeness (QED) is 0.157. The highest BCUT2D eigenvalue weighted by atomic mass is 16.3. The van der Waals surface area contributed by atoms with Gasteiger partial charge in [-0.1, -0.05) is 164 Å². The van der Waals surface area contributed by atoms with Gasteiger partial charge in [-0.15, -0.1) is 0 Å². The first-order valence-corrected chi connectivity index (χ1v) is 20.6. The Balaban J connectivity index is 0.971. The summed E-state index contributed by atoms with van der Waals surface area (Å²) < 4.78 is 6.26. The molecule has 280 valence electrons. The molecule has 1 heterocycles. The van der Waals surface area contributed by atoms with Gasteiger partial charge in [0.25, 0.3) is 0 Å². The van der Waals surface area contributed by atoms with Gasteiger partial charge in [0.05, 0.1) is 0 Å². The van der Waals surface area contributed by atoms with Gasteiger partial charge in [-0.05, 0) is 137 Å². The maximum Gasteiger partial charge on any atom is 0.136 e. The maximum atomic E-state index is 6.26. The molecule has 0 unspecified atom stereocenters. The van der Waals surface area contributed by atoms with Crippen LogP contribution in [-0.4, -0.2) is 0 Å². The lowest BCUT2D eigenvalue weighted by Crippen LogP contribution is -2.10. The number of para-hydroxylation sites is 1. The van der Waals surface area contributed by atoms with Crippen LogP contribution in [0.15, 0.2) is 229 Å². The molecule has 2 heteroatoms. The van der Waals surface area contributed by atoms with Crippen LogP contribution in [0.1, 0.15) is 0 Å². The van der Waals surface area contributed by atoms with Gasteiger partial charge in [-0.2, -0.15) is 0 Å². The lowest BCUT2D eigenvalue weighted by atomic mass is 9.94. The maximum absolute atomic E-state index is 6.26. The smallest absolute Gasteiger partial charge is 0.136 e. The highest BCUT2D eigenvalue weighted by Crippen LogP contribution is 2.42. The number of rotatable bonds is 6. The molecule has 0 fully saturated rings. The van der Waals surface area contributed by atoms with Gasteiger partial charge < -0.3 is 9.32 Å². The van der Waals surface area contributed by atoms with E-state index in [1.54, 1.807) is 0 Å². The van der Waals surface area contributed by atoms with E-state index in [4.69, 9.17) is 4.42 Å². The standard InChI is InChI=1S/C58H37NO/c1-2-15-47-40(11-1)12-10-21-48(47)43-14-9-13-41(35-43)38-23-28-44(29-24-38)59(46-32-34-53-51-18-4-3-16-49(51)50-17-5-6-19-52(50)56(53)37-46)45-30-25-39(26-31-45)42-27-33-55-54-20-7-8-22-57(54)60-58(55)36-42/h1-37H. The van der Waals surface area contributed by atoms with E-state index in [0.717, 1.165) is 50.1 Å². The van der Waals surface area contributed by atoms with E-state index >= 15 is 0 Å². The molecule has 0 amide bonds. The minimum absolute atomic E-state index is 0.901. The summed E-state index contributed by atoms with van der Waals surface area (Å²) in [5.41, 5.74) is 12.2. The summed E-state index contributed by atoms with van der Waals surface area (Å²) in [6.07, 6.45) is 0. The predicted molar refractivity (Wildman–Crippen MR) is 255 cm³/mol. The Labute approximate surface area is 347 Å². The zero-order valence-corrected chi connectivity index (χ0v) is 32.7. The van der Waals surface area contributed by atoms with E-state index in [-0.39, 0.29) is 0 Å². The molecule has 0 bridgehead atoms. The van der Waals surface area contributed by atoms with Gasteiger partial charge in [-0.3, -0.25) is 0 Å². The van der Waals surface area contributed by atoms with Crippen molar-refractivity contribution in [3.8, 4) is 33.4 Å². The summed E-state index contributed by atoms with van der Waals surface area (Å²) in [6, 6.07) is 81.3. The molecule has 60 heavy (non-hydrogen) atoms. The van der Waals surface area contributed by atoms with Crippen LogP contribution in [0.5, 0.6) is 0 Å². The Bertz CT molecular complexity index is 3560. The first kappa shape index (κ1) is 34.1. The third-order valence-electron chi connectivity index (χ3n) is 12.2. The van der Waals surface area contributed by atoms with Gasteiger partial charge in [0.2, 0.25) is 0 Å². The molecular formula is C58H37NO. The predicted octanol–water partition coefficient (Wildman–Crippen LogP) is 16.7. The number of anilines is 3. The van der Waals surface area contributed by atoms with E-state index < -0.39 is 0 Å². The molecule has 0 aliphatic rings. The van der Waals surface area contributed by atoms with Crippen molar-refractivity contribution < 1.29 is 4.42 Å². The molecule has 0 atom stereocenters. The van der Waals surface area contributed by atoms with E-state index in [1.165, 1.54) is 65.3 Å². The zero-order chi connectivity index (χ0) is 39.6. The Kier molecular flexibility index (Phi) is 7.89.